The Morgan fingerprint density at radius 3 is 2.72 bits per heavy atom. The highest BCUT2D eigenvalue weighted by Crippen LogP contribution is 2.15. The summed E-state index contributed by atoms with van der Waals surface area (Å²) in [7, 11) is 0. The number of amides is 1. The summed E-state index contributed by atoms with van der Waals surface area (Å²) in [5.74, 6) is 0. The second kappa shape index (κ2) is 9.20. The van der Waals surface area contributed by atoms with Gasteiger partial charge in [0.25, 0.3) is 0 Å². The largest absolute Gasteiger partial charge is 0.444 e. The quantitative estimate of drug-likeness (QED) is 0.734. The van der Waals surface area contributed by atoms with Crippen LogP contribution in [-0.2, 0) is 11.3 Å². The molecule has 0 fully saturated rings. The minimum absolute atomic E-state index is 0.342. The van der Waals surface area contributed by atoms with Crippen LogP contribution < -0.4 is 5.32 Å². The van der Waals surface area contributed by atoms with E-state index in [1.807, 2.05) is 56.0 Å². The number of carbonyl (C=O) groups excluding carboxylic acids is 1. The molecule has 1 N–H and O–H groups in total. The predicted octanol–water partition coefficient (Wildman–Crippen LogP) is 4.03. The lowest BCUT2D eigenvalue weighted by Crippen LogP contribution is -2.32. The standard InChI is InChI=1S/C19H28N4O2/c1-19(2,3)25-18(24)21-12-7-4-5-9-13-23-15-16(14-22-23)17-10-6-8-11-20-17/h6,8,10-11,14-15H,4-5,7,9,12-13H2,1-3H3,(H,21,24). The normalized spacial score (nSPS) is 11.3. The maximum absolute atomic E-state index is 11.5. The molecule has 25 heavy (non-hydrogen) atoms. The first-order valence-electron chi connectivity index (χ1n) is 8.85. The Bertz CT molecular complexity index is 647. The van der Waals surface area contributed by atoms with Crippen molar-refractivity contribution >= 4 is 6.09 Å². The van der Waals surface area contributed by atoms with Crippen LogP contribution in [0.25, 0.3) is 11.3 Å². The van der Waals surface area contributed by atoms with Crippen molar-refractivity contribution < 1.29 is 9.53 Å². The van der Waals surface area contributed by atoms with Gasteiger partial charge in [-0.05, 0) is 45.7 Å². The lowest BCUT2D eigenvalue weighted by Gasteiger charge is -2.19. The van der Waals surface area contributed by atoms with E-state index in [4.69, 9.17) is 4.74 Å². The van der Waals surface area contributed by atoms with Gasteiger partial charge in [-0.15, -0.1) is 0 Å². The molecule has 0 unspecified atom stereocenters. The lowest BCUT2D eigenvalue weighted by atomic mass is 10.2. The summed E-state index contributed by atoms with van der Waals surface area (Å²) in [6, 6.07) is 5.87. The number of pyridine rings is 1. The van der Waals surface area contributed by atoms with Crippen LogP contribution in [-0.4, -0.2) is 33.0 Å². The van der Waals surface area contributed by atoms with Gasteiger partial charge in [0.05, 0.1) is 11.9 Å². The molecule has 6 heteroatoms. The fraction of sp³-hybridized carbons (Fsp3) is 0.526. The second-order valence-corrected chi connectivity index (χ2v) is 7.05. The first-order chi connectivity index (χ1) is 11.9. The highest BCUT2D eigenvalue weighted by Gasteiger charge is 2.15. The number of unbranched alkanes of at least 4 members (excludes halogenated alkanes) is 3. The van der Waals surface area contributed by atoms with Crippen molar-refractivity contribution in [3.8, 4) is 11.3 Å². The van der Waals surface area contributed by atoms with Gasteiger partial charge < -0.3 is 10.1 Å². The molecule has 2 heterocycles. The van der Waals surface area contributed by atoms with Crippen molar-refractivity contribution in [2.45, 2.75) is 58.6 Å². The smallest absolute Gasteiger partial charge is 0.407 e. The van der Waals surface area contributed by atoms with E-state index in [2.05, 4.69) is 15.4 Å². The molecule has 6 nitrogen and oxygen atoms in total. The van der Waals surface area contributed by atoms with Gasteiger partial charge in [0.2, 0.25) is 0 Å². The van der Waals surface area contributed by atoms with Gasteiger partial charge in [-0.1, -0.05) is 18.9 Å². The predicted molar refractivity (Wildman–Crippen MR) is 98.2 cm³/mol. The molecule has 0 aliphatic heterocycles. The van der Waals surface area contributed by atoms with Crippen molar-refractivity contribution in [1.82, 2.24) is 20.1 Å². The van der Waals surface area contributed by atoms with E-state index in [9.17, 15) is 4.79 Å². The molecule has 0 aliphatic rings. The lowest BCUT2D eigenvalue weighted by molar-refractivity contribution is 0.0527. The average Bonchev–Trinajstić information content (AvgIpc) is 3.02. The van der Waals surface area contributed by atoms with Gasteiger partial charge in [0, 0.05) is 31.0 Å². The topological polar surface area (TPSA) is 69.0 Å². The maximum atomic E-state index is 11.5. The minimum atomic E-state index is -0.442. The number of nitrogens with zero attached hydrogens (tertiary/aromatic N) is 3. The SMILES string of the molecule is CC(C)(C)OC(=O)NCCCCCCn1cc(-c2ccccn2)cn1. The fourth-order valence-electron chi connectivity index (χ4n) is 2.41. The number of hydrogen-bond donors (Lipinski definition) is 1. The monoisotopic (exact) mass is 344 g/mol. The molecule has 0 saturated heterocycles. The van der Waals surface area contributed by atoms with Crippen LogP contribution >= 0.6 is 0 Å². The maximum Gasteiger partial charge on any atom is 0.407 e. The number of aryl methyl sites for hydroxylation is 1. The zero-order chi connectivity index (χ0) is 18.1. The fourth-order valence-corrected chi connectivity index (χ4v) is 2.41. The summed E-state index contributed by atoms with van der Waals surface area (Å²) >= 11 is 0. The number of ether oxygens (including phenoxy) is 1. The molecule has 0 atom stereocenters. The summed E-state index contributed by atoms with van der Waals surface area (Å²) < 4.78 is 7.16. The summed E-state index contributed by atoms with van der Waals surface area (Å²) in [4.78, 5) is 15.8. The van der Waals surface area contributed by atoms with Gasteiger partial charge in [0.1, 0.15) is 5.60 Å². The molecule has 2 aromatic rings. The summed E-state index contributed by atoms with van der Waals surface area (Å²) in [5.41, 5.74) is 1.55. The van der Waals surface area contributed by atoms with Crippen molar-refractivity contribution in [1.29, 1.82) is 0 Å². The number of carbonyl (C=O) groups is 1. The van der Waals surface area contributed by atoms with Crippen LogP contribution in [0, 0.1) is 0 Å². The van der Waals surface area contributed by atoms with Gasteiger partial charge in [-0.25, -0.2) is 4.79 Å². The van der Waals surface area contributed by atoms with Crippen LogP contribution in [0.2, 0.25) is 0 Å². The van der Waals surface area contributed by atoms with Crippen LogP contribution in [0.1, 0.15) is 46.5 Å². The zero-order valence-electron chi connectivity index (χ0n) is 15.4. The third-order valence-electron chi connectivity index (χ3n) is 3.58. The molecule has 136 valence electrons. The third-order valence-corrected chi connectivity index (χ3v) is 3.58. The van der Waals surface area contributed by atoms with Gasteiger partial charge in [-0.2, -0.15) is 5.10 Å². The number of hydrogen-bond acceptors (Lipinski definition) is 4. The van der Waals surface area contributed by atoms with Gasteiger partial charge in [-0.3, -0.25) is 9.67 Å². The highest BCUT2D eigenvalue weighted by molar-refractivity contribution is 5.67. The zero-order valence-corrected chi connectivity index (χ0v) is 15.4. The molecular weight excluding hydrogens is 316 g/mol. The molecule has 2 rings (SSSR count). The van der Waals surface area contributed by atoms with Crippen LogP contribution in [0.3, 0.4) is 0 Å². The Morgan fingerprint density at radius 1 is 1.20 bits per heavy atom. The molecule has 0 aliphatic carbocycles. The van der Waals surface area contributed by atoms with Crippen LogP contribution in [0.5, 0.6) is 0 Å². The number of aromatic nitrogens is 3. The molecule has 0 radical (unpaired) electrons. The third kappa shape index (κ3) is 7.37. The van der Waals surface area contributed by atoms with Crippen LogP contribution in [0.4, 0.5) is 4.79 Å². The molecular formula is C19H28N4O2. The first-order valence-corrected chi connectivity index (χ1v) is 8.85. The van der Waals surface area contributed by atoms with Gasteiger partial charge in [0.15, 0.2) is 0 Å². The van der Waals surface area contributed by atoms with E-state index in [0.29, 0.717) is 6.54 Å². The Morgan fingerprint density at radius 2 is 2.00 bits per heavy atom. The molecule has 2 aromatic heterocycles. The van der Waals surface area contributed by atoms with Crippen molar-refractivity contribution in [3.63, 3.8) is 0 Å². The molecule has 0 bridgehead atoms. The van der Waals surface area contributed by atoms with E-state index in [1.54, 1.807) is 6.20 Å². The van der Waals surface area contributed by atoms with Crippen molar-refractivity contribution in [2.24, 2.45) is 0 Å². The van der Waals surface area contributed by atoms with Crippen molar-refractivity contribution in [3.05, 3.63) is 36.8 Å². The van der Waals surface area contributed by atoms with Crippen molar-refractivity contribution in [2.75, 3.05) is 6.54 Å². The Kier molecular flexibility index (Phi) is 6.98. The highest BCUT2D eigenvalue weighted by atomic mass is 16.6. The van der Waals surface area contributed by atoms with E-state index >= 15 is 0 Å². The Balaban J connectivity index is 1.57. The minimum Gasteiger partial charge on any atom is -0.444 e. The number of rotatable bonds is 8. The Hall–Kier alpha value is -2.37. The second-order valence-electron chi connectivity index (χ2n) is 7.05. The van der Waals surface area contributed by atoms with E-state index < -0.39 is 5.60 Å². The number of alkyl carbamates (subject to hydrolysis) is 1. The molecule has 0 spiro atoms. The molecule has 0 aromatic carbocycles. The van der Waals surface area contributed by atoms with E-state index in [-0.39, 0.29) is 6.09 Å². The Labute approximate surface area is 149 Å². The number of nitrogens with one attached hydrogen (secondary N) is 1. The van der Waals surface area contributed by atoms with Gasteiger partial charge >= 0.3 is 6.09 Å². The summed E-state index contributed by atoms with van der Waals surface area (Å²) in [5, 5.41) is 7.17. The van der Waals surface area contributed by atoms with Crippen LogP contribution in [0.15, 0.2) is 36.8 Å². The molecule has 0 saturated carbocycles. The summed E-state index contributed by atoms with van der Waals surface area (Å²) in [6.45, 7) is 7.14. The van der Waals surface area contributed by atoms with E-state index in [0.717, 1.165) is 43.5 Å². The summed E-state index contributed by atoms with van der Waals surface area (Å²) in [6.07, 6.45) is 9.54. The average molecular weight is 344 g/mol. The first kappa shape index (κ1) is 19.0. The van der Waals surface area contributed by atoms with E-state index in [1.165, 1.54) is 0 Å². The molecule has 1 amide bonds.